The molecule has 0 saturated carbocycles. The van der Waals surface area contributed by atoms with E-state index in [9.17, 15) is 0 Å². The minimum absolute atomic E-state index is 0.0227. The Labute approximate surface area is 166 Å². The van der Waals surface area contributed by atoms with Crippen molar-refractivity contribution < 1.29 is 4.52 Å². The molecule has 1 heterocycles. The van der Waals surface area contributed by atoms with Gasteiger partial charge < -0.3 is 0 Å². The van der Waals surface area contributed by atoms with Crippen molar-refractivity contribution in [3.05, 3.63) is 121 Å². The summed E-state index contributed by atoms with van der Waals surface area (Å²) in [5, 5.41) is 5.08. The van der Waals surface area contributed by atoms with Crippen LogP contribution in [0.2, 0.25) is 0 Å². The van der Waals surface area contributed by atoms with Crippen molar-refractivity contribution in [1.29, 1.82) is 0 Å². The van der Waals surface area contributed by atoms with E-state index in [1.54, 1.807) is 0 Å². The van der Waals surface area contributed by atoms with Crippen molar-refractivity contribution in [2.75, 3.05) is 0 Å². The van der Waals surface area contributed by atoms with Crippen LogP contribution >= 0.6 is 6.83 Å². The van der Waals surface area contributed by atoms with Gasteiger partial charge in [0.1, 0.15) is 0 Å². The van der Waals surface area contributed by atoms with Crippen LogP contribution in [0, 0.1) is 0 Å². The zero-order valence-corrected chi connectivity index (χ0v) is 16.8. The standard InChI is InChI=1S/C26H23OP/c1-21-25-19-11-12-20-26(25)28(27-21,22-13-5-2-6-14-22,23-15-7-3-8-16-23)24-17-9-4-10-18-24/h2-21H,1H3/t21-/m0/s1. The summed E-state index contributed by atoms with van der Waals surface area (Å²) in [5.74, 6) is 0. The van der Waals surface area contributed by atoms with Crippen LogP contribution in [0.25, 0.3) is 0 Å². The molecular formula is C26H23OP. The fourth-order valence-electron chi connectivity index (χ4n) is 4.83. The van der Waals surface area contributed by atoms with E-state index in [2.05, 4.69) is 122 Å². The Balaban J connectivity index is 2.05. The first kappa shape index (κ1) is 17.4. The molecule has 0 unspecified atom stereocenters. The number of hydrogen-bond acceptors (Lipinski definition) is 1. The van der Waals surface area contributed by atoms with Gasteiger partial charge in [0.15, 0.2) is 0 Å². The first-order chi connectivity index (χ1) is 13.8. The molecule has 0 saturated heterocycles. The van der Waals surface area contributed by atoms with Crippen LogP contribution in [0.5, 0.6) is 0 Å². The summed E-state index contributed by atoms with van der Waals surface area (Å²) in [6, 6.07) is 41.3. The van der Waals surface area contributed by atoms with Gasteiger partial charge in [-0.05, 0) is 0 Å². The number of benzene rings is 4. The molecule has 0 radical (unpaired) electrons. The zero-order valence-electron chi connectivity index (χ0n) is 15.9. The first-order valence-electron chi connectivity index (χ1n) is 9.74. The van der Waals surface area contributed by atoms with E-state index in [1.165, 1.54) is 26.8 Å². The Bertz CT molecular complexity index is 1010. The van der Waals surface area contributed by atoms with Crippen molar-refractivity contribution in [3.63, 3.8) is 0 Å². The first-order valence-corrected chi connectivity index (χ1v) is 11.9. The monoisotopic (exact) mass is 382 g/mol. The second kappa shape index (κ2) is 6.41. The Morgan fingerprint density at radius 1 is 0.536 bits per heavy atom. The number of rotatable bonds is 3. The Morgan fingerprint density at radius 3 is 1.39 bits per heavy atom. The maximum absolute atomic E-state index is 7.30. The van der Waals surface area contributed by atoms with E-state index >= 15 is 0 Å². The molecule has 0 bridgehead atoms. The normalized spacial score (nSPS) is 20.6. The number of fused-ring (bicyclic) bond motifs is 1. The van der Waals surface area contributed by atoms with Crippen LogP contribution in [-0.4, -0.2) is 0 Å². The fourth-order valence-corrected chi connectivity index (χ4v) is 11.1. The van der Waals surface area contributed by atoms with E-state index in [-0.39, 0.29) is 6.10 Å². The van der Waals surface area contributed by atoms with Crippen LogP contribution in [0.4, 0.5) is 0 Å². The van der Waals surface area contributed by atoms with Gasteiger partial charge in [-0.15, -0.1) is 0 Å². The third-order valence-corrected chi connectivity index (χ3v) is 11.9. The summed E-state index contributed by atoms with van der Waals surface area (Å²) >= 11 is 0. The SMILES string of the molecule is C[C@@H]1OP(c2ccccc2)(c2ccccc2)(c2ccccc2)c2ccccc21. The van der Waals surface area contributed by atoms with Crippen molar-refractivity contribution >= 4 is 28.0 Å². The summed E-state index contributed by atoms with van der Waals surface area (Å²) in [4.78, 5) is 0. The predicted molar refractivity (Wildman–Crippen MR) is 121 cm³/mol. The molecule has 0 amide bonds. The Morgan fingerprint density at radius 2 is 0.929 bits per heavy atom. The molecule has 28 heavy (non-hydrogen) atoms. The van der Waals surface area contributed by atoms with Gasteiger partial charge in [0.05, 0.1) is 0 Å². The molecule has 5 rings (SSSR count). The molecular weight excluding hydrogens is 359 g/mol. The van der Waals surface area contributed by atoms with Gasteiger partial charge in [-0.25, -0.2) is 0 Å². The molecule has 138 valence electrons. The molecule has 1 atom stereocenters. The summed E-state index contributed by atoms with van der Waals surface area (Å²) < 4.78 is 7.30. The molecule has 0 N–H and O–H groups in total. The average molecular weight is 382 g/mol. The number of hydrogen-bond donors (Lipinski definition) is 0. The molecule has 0 spiro atoms. The van der Waals surface area contributed by atoms with Crippen molar-refractivity contribution in [2.45, 2.75) is 13.0 Å². The Hall–Kier alpha value is -2.73. The molecule has 0 fully saturated rings. The molecule has 4 aromatic carbocycles. The van der Waals surface area contributed by atoms with Crippen molar-refractivity contribution in [2.24, 2.45) is 0 Å². The van der Waals surface area contributed by atoms with E-state index in [0.29, 0.717) is 0 Å². The topological polar surface area (TPSA) is 9.23 Å². The van der Waals surface area contributed by atoms with Crippen LogP contribution in [0.15, 0.2) is 115 Å². The summed E-state index contributed by atoms with van der Waals surface area (Å²) in [5.41, 5.74) is 1.29. The quantitative estimate of drug-likeness (QED) is 0.461. The molecule has 2 heteroatoms. The second-order valence-electron chi connectivity index (χ2n) is 7.35. The van der Waals surface area contributed by atoms with E-state index in [0.717, 1.165) is 0 Å². The van der Waals surface area contributed by atoms with Gasteiger partial charge in [0.25, 0.3) is 0 Å². The van der Waals surface area contributed by atoms with Crippen molar-refractivity contribution in [3.8, 4) is 0 Å². The molecule has 0 aliphatic carbocycles. The van der Waals surface area contributed by atoms with E-state index in [4.69, 9.17) is 4.52 Å². The zero-order chi connectivity index (χ0) is 19.1. The Kier molecular flexibility index (Phi) is 3.98. The maximum atomic E-state index is 7.30. The van der Waals surface area contributed by atoms with Gasteiger partial charge in [-0.3, -0.25) is 0 Å². The predicted octanol–water partition coefficient (Wildman–Crippen LogP) is 4.85. The van der Waals surface area contributed by atoms with E-state index < -0.39 is 6.83 Å². The summed E-state index contributed by atoms with van der Waals surface area (Å²) in [7, 11) is 0. The van der Waals surface area contributed by atoms with E-state index in [1.807, 2.05) is 0 Å². The molecule has 0 aromatic heterocycles. The van der Waals surface area contributed by atoms with Gasteiger partial charge in [-0.2, -0.15) is 0 Å². The van der Waals surface area contributed by atoms with Gasteiger partial charge >= 0.3 is 166 Å². The van der Waals surface area contributed by atoms with Crippen LogP contribution in [0.1, 0.15) is 18.6 Å². The summed E-state index contributed by atoms with van der Waals surface area (Å²) in [6.07, 6.45) is 0.0227. The third-order valence-electron chi connectivity index (χ3n) is 5.95. The molecule has 1 aliphatic heterocycles. The van der Waals surface area contributed by atoms with Gasteiger partial charge in [-0.1, -0.05) is 0 Å². The summed E-state index contributed by atoms with van der Waals surface area (Å²) in [6.45, 7) is -1.13. The molecule has 1 nitrogen and oxygen atoms in total. The van der Waals surface area contributed by atoms with Crippen LogP contribution in [0.3, 0.4) is 0 Å². The van der Waals surface area contributed by atoms with Gasteiger partial charge in [0.2, 0.25) is 0 Å². The van der Waals surface area contributed by atoms with Gasteiger partial charge in [0, 0.05) is 0 Å². The second-order valence-corrected chi connectivity index (χ2v) is 11.7. The minimum atomic E-state index is -3.32. The van der Waals surface area contributed by atoms with Crippen LogP contribution in [-0.2, 0) is 4.52 Å². The molecule has 1 aliphatic rings. The van der Waals surface area contributed by atoms with Crippen LogP contribution < -0.4 is 21.2 Å². The average Bonchev–Trinajstić information content (AvgIpc) is 3.07. The van der Waals surface area contributed by atoms with Crippen molar-refractivity contribution in [1.82, 2.24) is 0 Å². The fraction of sp³-hybridized carbons (Fsp3) is 0.0769. The third kappa shape index (κ3) is 2.09. The molecule has 4 aromatic rings.